The highest BCUT2D eigenvalue weighted by molar-refractivity contribution is 5.43. The highest BCUT2D eigenvalue weighted by atomic mass is 15.0. The van der Waals surface area contributed by atoms with Gasteiger partial charge in [-0.25, -0.2) is 4.98 Å². The minimum absolute atomic E-state index is 0.538. The van der Waals surface area contributed by atoms with Gasteiger partial charge in [-0.05, 0) is 30.9 Å². The Morgan fingerprint density at radius 2 is 2.43 bits per heavy atom. The molecule has 0 spiro atoms. The maximum Gasteiger partial charge on any atom is 0.127 e. The Morgan fingerprint density at radius 3 is 3.00 bits per heavy atom. The zero-order chi connectivity index (χ0) is 9.97. The Balaban J connectivity index is 2.06. The van der Waals surface area contributed by atoms with E-state index in [2.05, 4.69) is 23.3 Å². The van der Waals surface area contributed by atoms with Crippen molar-refractivity contribution in [3.05, 3.63) is 23.9 Å². The summed E-state index contributed by atoms with van der Waals surface area (Å²) in [7, 11) is 0. The number of anilines is 1. The summed E-state index contributed by atoms with van der Waals surface area (Å²) in [6.45, 7) is 2.23. The summed E-state index contributed by atoms with van der Waals surface area (Å²) in [5.74, 6) is 1.54. The van der Waals surface area contributed by atoms with Crippen molar-refractivity contribution in [2.24, 2.45) is 5.92 Å². The highest BCUT2D eigenvalue weighted by Crippen LogP contribution is 2.29. The summed E-state index contributed by atoms with van der Waals surface area (Å²) in [6.07, 6.45) is 4.17. The molecule has 0 bridgehead atoms. The molecule has 3 nitrogen and oxygen atoms in total. The molecule has 1 aromatic rings. The van der Waals surface area contributed by atoms with Crippen molar-refractivity contribution in [3.63, 3.8) is 0 Å². The summed E-state index contributed by atoms with van der Waals surface area (Å²) >= 11 is 0. The third-order valence-corrected chi connectivity index (χ3v) is 2.84. The van der Waals surface area contributed by atoms with Gasteiger partial charge in [0.25, 0.3) is 0 Å². The molecule has 72 valence electrons. The molecule has 1 heterocycles. The average molecular weight is 187 g/mol. The lowest BCUT2D eigenvalue weighted by Gasteiger charge is -2.34. The van der Waals surface area contributed by atoms with Gasteiger partial charge in [0.2, 0.25) is 0 Å². The Kier molecular flexibility index (Phi) is 2.36. The maximum atomic E-state index is 8.71. The van der Waals surface area contributed by atoms with E-state index in [-0.39, 0.29) is 0 Å². The smallest absolute Gasteiger partial charge is 0.127 e. The SMILES string of the molecule is CC1CCC1Nc1cc(C#N)ccn1. The number of hydrogen-bond donors (Lipinski definition) is 1. The van der Waals surface area contributed by atoms with Gasteiger partial charge in [-0.15, -0.1) is 0 Å². The molecular weight excluding hydrogens is 174 g/mol. The molecule has 2 atom stereocenters. The summed E-state index contributed by atoms with van der Waals surface area (Å²) in [6, 6.07) is 6.16. The molecule has 0 saturated heterocycles. The predicted octanol–water partition coefficient (Wildman–Crippen LogP) is 2.16. The number of nitrogens with zero attached hydrogens (tertiary/aromatic N) is 2. The number of rotatable bonds is 2. The number of hydrogen-bond acceptors (Lipinski definition) is 3. The topological polar surface area (TPSA) is 48.7 Å². The molecule has 14 heavy (non-hydrogen) atoms. The van der Waals surface area contributed by atoms with Crippen LogP contribution in [0.25, 0.3) is 0 Å². The molecule has 1 aliphatic rings. The van der Waals surface area contributed by atoms with E-state index in [0.29, 0.717) is 11.6 Å². The second kappa shape index (κ2) is 3.67. The van der Waals surface area contributed by atoms with E-state index in [1.807, 2.05) is 0 Å². The first-order chi connectivity index (χ1) is 6.79. The van der Waals surface area contributed by atoms with E-state index in [0.717, 1.165) is 11.7 Å². The molecule has 3 heteroatoms. The Morgan fingerprint density at radius 1 is 1.57 bits per heavy atom. The van der Waals surface area contributed by atoms with Crippen molar-refractivity contribution in [2.75, 3.05) is 5.32 Å². The summed E-state index contributed by atoms with van der Waals surface area (Å²) < 4.78 is 0. The Bertz CT molecular complexity index is 367. The first-order valence-corrected chi connectivity index (χ1v) is 4.92. The molecule has 0 aliphatic heterocycles. The molecule has 1 aliphatic carbocycles. The number of nitriles is 1. The lowest BCUT2D eigenvalue weighted by Crippen LogP contribution is -2.36. The first-order valence-electron chi connectivity index (χ1n) is 4.92. The molecule has 2 rings (SSSR count). The minimum atomic E-state index is 0.538. The van der Waals surface area contributed by atoms with Crippen molar-refractivity contribution in [2.45, 2.75) is 25.8 Å². The van der Waals surface area contributed by atoms with Crippen LogP contribution >= 0.6 is 0 Å². The van der Waals surface area contributed by atoms with E-state index in [1.54, 1.807) is 18.3 Å². The molecule has 1 aromatic heterocycles. The van der Waals surface area contributed by atoms with Gasteiger partial charge in [0.1, 0.15) is 5.82 Å². The normalized spacial score (nSPS) is 24.9. The van der Waals surface area contributed by atoms with Crippen molar-refractivity contribution >= 4 is 5.82 Å². The Hall–Kier alpha value is -1.56. The van der Waals surface area contributed by atoms with E-state index >= 15 is 0 Å². The zero-order valence-electron chi connectivity index (χ0n) is 8.20. The Labute approximate surface area is 83.8 Å². The average Bonchev–Trinajstić information content (AvgIpc) is 2.24. The van der Waals surface area contributed by atoms with Gasteiger partial charge in [0.15, 0.2) is 0 Å². The van der Waals surface area contributed by atoms with Crippen molar-refractivity contribution < 1.29 is 0 Å². The molecule has 1 fully saturated rings. The first kappa shape index (κ1) is 9.01. The minimum Gasteiger partial charge on any atom is -0.367 e. The van der Waals surface area contributed by atoms with Crippen LogP contribution in [0.4, 0.5) is 5.82 Å². The summed E-state index contributed by atoms with van der Waals surface area (Å²) in [5, 5.41) is 12.1. The second-order valence-corrected chi connectivity index (χ2v) is 3.85. The fourth-order valence-corrected chi connectivity index (χ4v) is 1.65. The molecule has 1 N–H and O–H groups in total. The molecule has 2 unspecified atom stereocenters. The van der Waals surface area contributed by atoms with Crippen LogP contribution in [0.5, 0.6) is 0 Å². The van der Waals surface area contributed by atoms with Crippen LogP contribution in [0.2, 0.25) is 0 Å². The molecular formula is C11H13N3. The number of aromatic nitrogens is 1. The van der Waals surface area contributed by atoms with E-state index < -0.39 is 0 Å². The van der Waals surface area contributed by atoms with E-state index in [1.165, 1.54) is 12.8 Å². The van der Waals surface area contributed by atoms with Gasteiger partial charge in [0.05, 0.1) is 11.6 Å². The van der Waals surface area contributed by atoms with Crippen LogP contribution in [-0.2, 0) is 0 Å². The quantitative estimate of drug-likeness (QED) is 0.771. The van der Waals surface area contributed by atoms with Crippen LogP contribution < -0.4 is 5.32 Å². The van der Waals surface area contributed by atoms with Gasteiger partial charge in [-0.1, -0.05) is 6.92 Å². The van der Waals surface area contributed by atoms with Crippen LogP contribution in [0.3, 0.4) is 0 Å². The molecule has 0 aromatic carbocycles. The number of nitrogens with one attached hydrogen (secondary N) is 1. The number of pyridine rings is 1. The van der Waals surface area contributed by atoms with Gasteiger partial charge >= 0.3 is 0 Å². The van der Waals surface area contributed by atoms with Gasteiger partial charge in [-0.3, -0.25) is 0 Å². The van der Waals surface area contributed by atoms with Crippen LogP contribution in [0.15, 0.2) is 18.3 Å². The summed E-state index contributed by atoms with van der Waals surface area (Å²) in [4.78, 5) is 4.18. The third-order valence-electron chi connectivity index (χ3n) is 2.84. The van der Waals surface area contributed by atoms with Crippen molar-refractivity contribution in [1.82, 2.24) is 4.98 Å². The van der Waals surface area contributed by atoms with E-state index in [4.69, 9.17) is 5.26 Å². The summed E-state index contributed by atoms with van der Waals surface area (Å²) in [5.41, 5.74) is 0.662. The second-order valence-electron chi connectivity index (χ2n) is 3.85. The van der Waals surface area contributed by atoms with Crippen LogP contribution in [-0.4, -0.2) is 11.0 Å². The lowest BCUT2D eigenvalue weighted by molar-refractivity contribution is 0.303. The van der Waals surface area contributed by atoms with E-state index in [9.17, 15) is 0 Å². The third kappa shape index (κ3) is 1.69. The fourth-order valence-electron chi connectivity index (χ4n) is 1.65. The molecule has 0 radical (unpaired) electrons. The highest BCUT2D eigenvalue weighted by Gasteiger charge is 2.26. The molecule has 1 saturated carbocycles. The van der Waals surface area contributed by atoms with Crippen molar-refractivity contribution in [3.8, 4) is 6.07 Å². The van der Waals surface area contributed by atoms with Gasteiger partial charge < -0.3 is 5.32 Å². The standard InChI is InChI=1S/C11H13N3/c1-8-2-3-10(8)14-11-6-9(7-12)4-5-13-11/h4-6,8,10H,2-3H2,1H3,(H,13,14). The monoisotopic (exact) mass is 187 g/mol. The van der Waals surface area contributed by atoms with Gasteiger partial charge in [0, 0.05) is 12.2 Å². The fraction of sp³-hybridized carbons (Fsp3) is 0.455. The van der Waals surface area contributed by atoms with Crippen LogP contribution in [0, 0.1) is 17.2 Å². The van der Waals surface area contributed by atoms with Crippen molar-refractivity contribution in [1.29, 1.82) is 5.26 Å². The van der Waals surface area contributed by atoms with Gasteiger partial charge in [-0.2, -0.15) is 5.26 Å². The zero-order valence-corrected chi connectivity index (χ0v) is 8.20. The predicted molar refractivity (Wildman–Crippen MR) is 54.8 cm³/mol. The lowest BCUT2D eigenvalue weighted by atomic mass is 9.81. The maximum absolute atomic E-state index is 8.71. The molecule has 0 amide bonds. The largest absolute Gasteiger partial charge is 0.367 e. The van der Waals surface area contributed by atoms with Crippen LogP contribution in [0.1, 0.15) is 25.3 Å².